The number of benzene rings is 1. The summed E-state index contributed by atoms with van der Waals surface area (Å²) >= 11 is 0. The molecule has 0 fully saturated rings. The van der Waals surface area contributed by atoms with Gasteiger partial charge in [0.15, 0.2) is 9.84 Å². The Hall–Kier alpha value is -2.48. The predicted molar refractivity (Wildman–Crippen MR) is 75.8 cm³/mol. The molecule has 0 spiro atoms. The van der Waals surface area contributed by atoms with E-state index in [1.807, 2.05) is 0 Å². The number of aromatic nitrogens is 2. The fourth-order valence-corrected chi connectivity index (χ4v) is 2.48. The molecule has 0 saturated carbocycles. The van der Waals surface area contributed by atoms with Crippen LogP contribution in [-0.4, -0.2) is 35.2 Å². The van der Waals surface area contributed by atoms with Gasteiger partial charge in [0.1, 0.15) is 11.4 Å². The number of hydrogen-bond acceptors (Lipinski definition) is 6. The first-order valence-corrected chi connectivity index (χ1v) is 7.72. The standard InChI is InChI=1S/C13H13N3O4S/c1-2-21(19,20)9-3-4-12(17)10(7-9)16-13(18)11-8-14-5-6-15-11/h3-8,17H,2H2,1H3,(H,16,18). The van der Waals surface area contributed by atoms with E-state index in [0.29, 0.717) is 0 Å². The average Bonchev–Trinajstić information content (AvgIpc) is 2.50. The highest BCUT2D eigenvalue weighted by atomic mass is 32.2. The maximum atomic E-state index is 11.9. The molecule has 1 heterocycles. The van der Waals surface area contributed by atoms with Gasteiger partial charge in [-0.2, -0.15) is 0 Å². The van der Waals surface area contributed by atoms with Crippen molar-refractivity contribution >= 4 is 21.4 Å². The molecule has 0 aliphatic heterocycles. The van der Waals surface area contributed by atoms with Crippen molar-refractivity contribution < 1.29 is 18.3 Å². The molecule has 1 aromatic heterocycles. The average molecular weight is 307 g/mol. The number of sulfone groups is 1. The van der Waals surface area contributed by atoms with Crippen LogP contribution in [0.3, 0.4) is 0 Å². The maximum Gasteiger partial charge on any atom is 0.275 e. The Morgan fingerprint density at radius 2 is 2.10 bits per heavy atom. The van der Waals surface area contributed by atoms with E-state index >= 15 is 0 Å². The van der Waals surface area contributed by atoms with Crippen LogP contribution in [0.5, 0.6) is 5.75 Å². The fraction of sp³-hybridized carbons (Fsp3) is 0.154. The van der Waals surface area contributed by atoms with E-state index in [2.05, 4.69) is 15.3 Å². The summed E-state index contributed by atoms with van der Waals surface area (Å²) in [6.45, 7) is 1.51. The lowest BCUT2D eigenvalue weighted by Gasteiger charge is -2.09. The zero-order valence-electron chi connectivity index (χ0n) is 11.1. The Kier molecular flexibility index (Phi) is 4.18. The number of carbonyl (C=O) groups excluding carboxylic acids is 1. The molecule has 7 nitrogen and oxygen atoms in total. The van der Waals surface area contributed by atoms with Crippen LogP contribution in [0.4, 0.5) is 5.69 Å². The van der Waals surface area contributed by atoms with Crippen molar-refractivity contribution in [1.29, 1.82) is 0 Å². The van der Waals surface area contributed by atoms with Crippen molar-refractivity contribution in [3.05, 3.63) is 42.5 Å². The smallest absolute Gasteiger partial charge is 0.275 e. The third kappa shape index (κ3) is 3.34. The van der Waals surface area contributed by atoms with Gasteiger partial charge in [-0.1, -0.05) is 6.92 Å². The number of aromatic hydroxyl groups is 1. The van der Waals surface area contributed by atoms with E-state index < -0.39 is 15.7 Å². The molecule has 21 heavy (non-hydrogen) atoms. The molecule has 8 heteroatoms. The number of amides is 1. The molecule has 0 unspecified atom stereocenters. The van der Waals surface area contributed by atoms with Gasteiger partial charge in [-0.3, -0.25) is 9.78 Å². The van der Waals surface area contributed by atoms with E-state index in [1.54, 1.807) is 0 Å². The van der Waals surface area contributed by atoms with Gasteiger partial charge in [0.25, 0.3) is 5.91 Å². The summed E-state index contributed by atoms with van der Waals surface area (Å²) in [4.78, 5) is 19.5. The molecule has 1 aromatic carbocycles. The summed E-state index contributed by atoms with van der Waals surface area (Å²) in [6, 6.07) is 3.71. The second kappa shape index (κ2) is 5.88. The van der Waals surface area contributed by atoms with Crippen LogP contribution >= 0.6 is 0 Å². The van der Waals surface area contributed by atoms with Gasteiger partial charge in [-0.05, 0) is 18.2 Å². The highest BCUT2D eigenvalue weighted by Gasteiger charge is 2.16. The van der Waals surface area contributed by atoms with Gasteiger partial charge in [-0.15, -0.1) is 0 Å². The number of rotatable bonds is 4. The first kappa shape index (κ1) is 14.9. The van der Waals surface area contributed by atoms with E-state index in [1.165, 1.54) is 43.7 Å². The van der Waals surface area contributed by atoms with Gasteiger partial charge < -0.3 is 10.4 Å². The van der Waals surface area contributed by atoms with Crippen molar-refractivity contribution in [2.24, 2.45) is 0 Å². The van der Waals surface area contributed by atoms with Crippen molar-refractivity contribution in [2.45, 2.75) is 11.8 Å². The molecule has 1 amide bonds. The minimum atomic E-state index is -3.43. The molecule has 2 N–H and O–H groups in total. The summed E-state index contributed by atoms with van der Waals surface area (Å²) in [7, 11) is -3.43. The quantitative estimate of drug-likeness (QED) is 0.822. The van der Waals surface area contributed by atoms with Crippen molar-refractivity contribution in [2.75, 3.05) is 11.1 Å². The van der Waals surface area contributed by atoms with E-state index in [9.17, 15) is 18.3 Å². The number of carbonyl (C=O) groups is 1. The van der Waals surface area contributed by atoms with Crippen LogP contribution in [0, 0.1) is 0 Å². The van der Waals surface area contributed by atoms with Crippen LogP contribution in [0.25, 0.3) is 0 Å². The van der Waals surface area contributed by atoms with Crippen LogP contribution in [0.15, 0.2) is 41.7 Å². The number of anilines is 1. The molecule has 0 bridgehead atoms. The zero-order chi connectivity index (χ0) is 15.5. The van der Waals surface area contributed by atoms with Crippen molar-refractivity contribution in [3.63, 3.8) is 0 Å². The second-order valence-electron chi connectivity index (χ2n) is 4.13. The van der Waals surface area contributed by atoms with Crippen molar-refractivity contribution in [1.82, 2.24) is 9.97 Å². The number of nitrogens with zero attached hydrogens (tertiary/aromatic N) is 2. The molecular weight excluding hydrogens is 294 g/mol. The lowest BCUT2D eigenvalue weighted by molar-refractivity contribution is 0.102. The Bertz CT molecular complexity index is 760. The van der Waals surface area contributed by atoms with Gasteiger partial charge in [0.05, 0.1) is 22.5 Å². The first-order valence-electron chi connectivity index (χ1n) is 6.07. The third-order valence-corrected chi connectivity index (χ3v) is 4.48. The first-order chi connectivity index (χ1) is 9.94. The summed E-state index contributed by atoms with van der Waals surface area (Å²) in [5.41, 5.74) is 0.0563. The predicted octanol–water partition coefficient (Wildman–Crippen LogP) is 1.23. The molecular formula is C13H13N3O4S. The molecule has 110 valence electrons. The van der Waals surface area contributed by atoms with Gasteiger partial charge in [0.2, 0.25) is 0 Å². The molecule has 0 aliphatic rings. The van der Waals surface area contributed by atoms with E-state index in [-0.39, 0.29) is 27.8 Å². The van der Waals surface area contributed by atoms with Crippen LogP contribution in [0.2, 0.25) is 0 Å². The third-order valence-electron chi connectivity index (χ3n) is 2.75. The minimum Gasteiger partial charge on any atom is -0.506 e. The summed E-state index contributed by atoms with van der Waals surface area (Å²) in [5.74, 6) is -0.901. The topological polar surface area (TPSA) is 109 Å². The largest absolute Gasteiger partial charge is 0.506 e. The number of nitrogens with one attached hydrogen (secondary N) is 1. The van der Waals surface area contributed by atoms with E-state index in [4.69, 9.17) is 0 Å². The minimum absolute atomic E-state index is 0.000165. The van der Waals surface area contributed by atoms with Crippen molar-refractivity contribution in [3.8, 4) is 5.75 Å². The van der Waals surface area contributed by atoms with Crippen LogP contribution in [0.1, 0.15) is 17.4 Å². The fourth-order valence-electron chi connectivity index (χ4n) is 1.58. The molecule has 0 radical (unpaired) electrons. The maximum absolute atomic E-state index is 11.9. The monoisotopic (exact) mass is 307 g/mol. The zero-order valence-corrected chi connectivity index (χ0v) is 12.0. The summed E-state index contributed by atoms with van der Waals surface area (Å²) in [6.07, 6.45) is 4.04. The lowest BCUT2D eigenvalue weighted by atomic mass is 10.3. The highest BCUT2D eigenvalue weighted by Crippen LogP contribution is 2.27. The Morgan fingerprint density at radius 1 is 1.33 bits per heavy atom. The molecule has 0 atom stereocenters. The second-order valence-corrected chi connectivity index (χ2v) is 6.41. The Balaban J connectivity index is 2.32. The number of hydrogen-bond donors (Lipinski definition) is 2. The Morgan fingerprint density at radius 3 is 2.71 bits per heavy atom. The highest BCUT2D eigenvalue weighted by molar-refractivity contribution is 7.91. The van der Waals surface area contributed by atoms with Gasteiger partial charge >= 0.3 is 0 Å². The summed E-state index contributed by atoms with van der Waals surface area (Å²) < 4.78 is 23.6. The molecule has 0 aliphatic carbocycles. The van der Waals surface area contributed by atoms with E-state index in [0.717, 1.165) is 0 Å². The number of phenolic OH excluding ortho intramolecular Hbond substituents is 1. The normalized spacial score (nSPS) is 11.1. The van der Waals surface area contributed by atoms with Gasteiger partial charge in [-0.25, -0.2) is 13.4 Å². The SMILES string of the molecule is CCS(=O)(=O)c1ccc(O)c(NC(=O)c2cnccn2)c1. The Labute approximate surface area is 121 Å². The lowest BCUT2D eigenvalue weighted by Crippen LogP contribution is -2.14. The summed E-state index contributed by atoms with van der Waals surface area (Å²) in [5, 5.41) is 12.1. The van der Waals surface area contributed by atoms with Crippen LogP contribution < -0.4 is 5.32 Å². The van der Waals surface area contributed by atoms with Crippen LogP contribution in [-0.2, 0) is 9.84 Å². The molecule has 0 saturated heterocycles. The molecule has 2 rings (SSSR count). The number of phenols is 1. The van der Waals surface area contributed by atoms with Gasteiger partial charge in [0, 0.05) is 12.4 Å². The molecule has 2 aromatic rings.